The highest BCUT2D eigenvalue weighted by molar-refractivity contribution is 5.50. The van der Waals surface area contributed by atoms with E-state index in [0.29, 0.717) is 6.42 Å². The first-order valence-electron chi connectivity index (χ1n) is 5.76. The van der Waals surface area contributed by atoms with Gasteiger partial charge in [0, 0.05) is 31.9 Å². The molecule has 0 aliphatic rings. The zero-order chi connectivity index (χ0) is 12.9. The third-order valence-corrected chi connectivity index (χ3v) is 2.92. The minimum absolute atomic E-state index is 0.277. The minimum Gasteiger partial charge on any atom is -0.497 e. The van der Waals surface area contributed by atoms with Crippen LogP contribution in [0.15, 0.2) is 24.3 Å². The normalized spacial score (nSPS) is 14.2. The molecular weight excluding hydrogens is 216 g/mol. The number of methoxy groups -OCH3 is 1. The second-order valence-corrected chi connectivity index (χ2v) is 4.57. The maximum atomic E-state index is 9.84. The molecule has 3 N–H and O–H groups in total. The van der Waals surface area contributed by atoms with Gasteiger partial charge in [0.1, 0.15) is 5.75 Å². The average molecular weight is 238 g/mol. The molecule has 1 unspecified atom stereocenters. The van der Waals surface area contributed by atoms with Gasteiger partial charge in [0.15, 0.2) is 0 Å². The number of aliphatic hydroxyl groups is 1. The molecule has 0 saturated carbocycles. The van der Waals surface area contributed by atoms with Gasteiger partial charge in [0.2, 0.25) is 0 Å². The summed E-state index contributed by atoms with van der Waals surface area (Å²) in [4.78, 5) is 2.08. The molecule has 4 heteroatoms. The molecule has 0 bridgehead atoms. The molecule has 17 heavy (non-hydrogen) atoms. The lowest BCUT2D eigenvalue weighted by molar-refractivity contribution is 0.0623. The first kappa shape index (κ1) is 13.8. The molecule has 1 rings (SSSR count). The summed E-state index contributed by atoms with van der Waals surface area (Å²) in [5.41, 5.74) is 5.76. The van der Waals surface area contributed by atoms with Crippen LogP contribution in [0.4, 0.5) is 5.69 Å². The van der Waals surface area contributed by atoms with E-state index in [2.05, 4.69) is 4.90 Å². The summed E-state index contributed by atoms with van der Waals surface area (Å²) in [6, 6.07) is 7.84. The summed E-state index contributed by atoms with van der Waals surface area (Å²) in [5, 5.41) is 9.84. The van der Waals surface area contributed by atoms with Gasteiger partial charge >= 0.3 is 0 Å². The Kier molecular flexibility index (Phi) is 4.78. The van der Waals surface area contributed by atoms with Gasteiger partial charge in [-0.2, -0.15) is 0 Å². The van der Waals surface area contributed by atoms with Gasteiger partial charge in [-0.25, -0.2) is 0 Å². The first-order chi connectivity index (χ1) is 7.98. The van der Waals surface area contributed by atoms with Crippen molar-refractivity contribution in [1.82, 2.24) is 0 Å². The largest absolute Gasteiger partial charge is 0.497 e. The molecule has 4 nitrogen and oxygen atoms in total. The number of ether oxygens (including phenoxy) is 1. The van der Waals surface area contributed by atoms with Crippen LogP contribution in [0.1, 0.15) is 13.3 Å². The number of hydrogen-bond acceptors (Lipinski definition) is 4. The molecule has 0 heterocycles. The van der Waals surface area contributed by atoms with Crippen molar-refractivity contribution in [3.63, 3.8) is 0 Å². The van der Waals surface area contributed by atoms with E-state index in [1.807, 2.05) is 31.3 Å². The summed E-state index contributed by atoms with van der Waals surface area (Å²) in [5.74, 6) is 0.833. The maximum Gasteiger partial charge on any atom is 0.120 e. The predicted molar refractivity (Wildman–Crippen MR) is 70.6 cm³/mol. The molecule has 0 saturated heterocycles. The van der Waals surface area contributed by atoms with Crippen molar-refractivity contribution in [2.24, 2.45) is 5.73 Å². The number of nitrogens with zero attached hydrogens (tertiary/aromatic N) is 1. The standard InChI is InChI=1S/C13H22N2O2/c1-13(16,10-14)7-8-15(2)11-5-4-6-12(9-11)17-3/h4-6,9,16H,7-8,10,14H2,1-3H3. The van der Waals surface area contributed by atoms with Gasteiger partial charge in [-0.15, -0.1) is 0 Å². The van der Waals surface area contributed by atoms with Gasteiger partial charge in [-0.1, -0.05) is 6.07 Å². The van der Waals surface area contributed by atoms with Crippen molar-refractivity contribution in [3.8, 4) is 5.75 Å². The Bertz CT molecular complexity index is 353. The van der Waals surface area contributed by atoms with Gasteiger partial charge in [-0.05, 0) is 25.5 Å². The Hall–Kier alpha value is -1.26. The lowest BCUT2D eigenvalue weighted by Crippen LogP contribution is -2.37. The number of nitrogens with two attached hydrogens (primary N) is 1. The van der Waals surface area contributed by atoms with Crippen LogP contribution in [0.5, 0.6) is 5.75 Å². The predicted octanol–water partition coefficient (Wildman–Crippen LogP) is 1.23. The Morgan fingerprint density at radius 3 is 2.76 bits per heavy atom. The van der Waals surface area contributed by atoms with E-state index in [0.717, 1.165) is 18.0 Å². The summed E-state index contributed by atoms with van der Waals surface area (Å²) < 4.78 is 5.18. The zero-order valence-electron chi connectivity index (χ0n) is 10.8. The van der Waals surface area contributed by atoms with Crippen LogP contribution in [0.2, 0.25) is 0 Å². The number of hydrogen-bond donors (Lipinski definition) is 2. The average Bonchev–Trinajstić information content (AvgIpc) is 2.36. The van der Waals surface area contributed by atoms with E-state index in [1.54, 1.807) is 14.0 Å². The maximum absolute atomic E-state index is 9.84. The molecule has 0 aliphatic carbocycles. The summed E-state index contributed by atoms with van der Waals surface area (Å²) in [7, 11) is 3.64. The van der Waals surface area contributed by atoms with E-state index >= 15 is 0 Å². The Morgan fingerprint density at radius 1 is 1.47 bits per heavy atom. The van der Waals surface area contributed by atoms with E-state index in [4.69, 9.17) is 10.5 Å². The van der Waals surface area contributed by atoms with E-state index in [1.165, 1.54) is 0 Å². The van der Waals surface area contributed by atoms with Crippen molar-refractivity contribution in [1.29, 1.82) is 0 Å². The van der Waals surface area contributed by atoms with Crippen LogP contribution in [0.25, 0.3) is 0 Å². The quantitative estimate of drug-likeness (QED) is 0.782. The topological polar surface area (TPSA) is 58.7 Å². The van der Waals surface area contributed by atoms with Crippen molar-refractivity contribution in [2.75, 3.05) is 32.1 Å². The van der Waals surface area contributed by atoms with Crippen LogP contribution >= 0.6 is 0 Å². The molecule has 0 fully saturated rings. The SMILES string of the molecule is COc1cccc(N(C)CCC(C)(O)CN)c1. The van der Waals surface area contributed by atoms with Crippen molar-refractivity contribution >= 4 is 5.69 Å². The lowest BCUT2D eigenvalue weighted by atomic mass is 10.0. The van der Waals surface area contributed by atoms with E-state index < -0.39 is 5.60 Å². The van der Waals surface area contributed by atoms with Crippen LogP contribution in [0.3, 0.4) is 0 Å². The highest BCUT2D eigenvalue weighted by Crippen LogP contribution is 2.20. The fourth-order valence-electron chi connectivity index (χ4n) is 1.49. The van der Waals surface area contributed by atoms with Gasteiger partial charge in [0.05, 0.1) is 12.7 Å². The third-order valence-electron chi connectivity index (χ3n) is 2.92. The second-order valence-electron chi connectivity index (χ2n) is 4.57. The summed E-state index contributed by atoms with van der Waals surface area (Å²) in [6.07, 6.45) is 0.636. The van der Waals surface area contributed by atoms with Gasteiger partial charge in [-0.3, -0.25) is 0 Å². The lowest BCUT2D eigenvalue weighted by Gasteiger charge is -2.26. The molecule has 0 aliphatic heterocycles. The highest BCUT2D eigenvalue weighted by atomic mass is 16.5. The molecule has 0 amide bonds. The molecule has 0 radical (unpaired) electrons. The van der Waals surface area contributed by atoms with E-state index in [-0.39, 0.29) is 6.54 Å². The molecule has 96 valence electrons. The Labute approximate surface area is 103 Å². The molecule has 1 atom stereocenters. The molecule has 1 aromatic carbocycles. The summed E-state index contributed by atoms with van der Waals surface area (Å²) in [6.45, 7) is 2.78. The van der Waals surface area contributed by atoms with Crippen LogP contribution in [-0.4, -0.2) is 38.0 Å². The van der Waals surface area contributed by atoms with Gasteiger partial charge in [0.25, 0.3) is 0 Å². The van der Waals surface area contributed by atoms with Crippen molar-refractivity contribution < 1.29 is 9.84 Å². The van der Waals surface area contributed by atoms with Crippen LogP contribution < -0.4 is 15.4 Å². The highest BCUT2D eigenvalue weighted by Gasteiger charge is 2.18. The number of benzene rings is 1. The second kappa shape index (κ2) is 5.89. The van der Waals surface area contributed by atoms with Gasteiger partial charge < -0.3 is 20.5 Å². The number of rotatable bonds is 6. The zero-order valence-corrected chi connectivity index (χ0v) is 10.8. The fourth-order valence-corrected chi connectivity index (χ4v) is 1.49. The fraction of sp³-hybridized carbons (Fsp3) is 0.538. The Balaban J connectivity index is 2.60. The first-order valence-corrected chi connectivity index (χ1v) is 5.76. The minimum atomic E-state index is -0.798. The van der Waals surface area contributed by atoms with Crippen molar-refractivity contribution in [3.05, 3.63) is 24.3 Å². The van der Waals surface area contributed by atoms with Crippen LogP contribution in [-0.2, 0) is 0 Å². The van der Waals surface area contributed by atoms with Crippen LogP contribution in [0, 0.1) is 0 Å². The van der Waals surface area contributed by atoms with Crippen molar-refractivity contribution in [2.45, 2.75) is 18.9 Å². The molecular formula is C13H22N2O2. The smallest absolute Gasteiger partial charge is 0.120 e. The monoisotopic (exact) mass is 238 g/mol. The third kappa shape index (κ3) is 4.24. The molecule has 1 aromatic rings. The molecule has 0 aromatic heterocycles. The summed E-state index contributed by atoms with van der Waals surface area (Å²) >= 11 is 0. The number of anilines is 1. The van der Waals surface area contributed by atoms with E-state index in [9.17, 15) is 5.11 Å². The molecule has 0 spiro atoms. The Morgan fingerprint density at radius 2 is 2.18 bits per heavy atom.